The van der Waals surface area contributed by atoms with Gasteiger partial charge in [0.2, 0.25) is 0 Å². The fraction of sp³-hybridized carbons (Fsp3) is 0.231. The Bertz CT molecular complexity index is 1320. The zero-order valence-electron chi connectivity index (χ0n) is 18.5. The summed E-state index contributed by atoms with van der Waals surface area (Å²) >= 11 is 0. The minimum absolute atomic E-state index is 0.192. The van der Waals surface area contributed by atoms with Crippen molar-refractivity contribution in [2.75, 3.05) is 18.4 Å². The lowest BCUT2D eigenvalue weighted by molar-refractivity contribution is 0.0792. The fourth-order valence-corrected chi connectivity index (χ4v) is 4.10. The number of anilines is 1. The molecule has 1 aliphatic rings. The molecule has 0 aliphatic carbocycles. The lowest BCUT2D eigenvalue weighted by Crippen LogP contribution is -2.35. The van der Waals surface area contributed by atoms with Gasteiger partial charge in [-0.1, -0.05) is 0 Å². The summed E-state index contributed by atoms with van der Waals surface area (Å²) in [4.78, 5) is 28.1. The number of carbonyl (C=O) groups is 1. The van der Waals surface area contributed by atoms with E-state index in [9.17, 15) is 14.3 Å². The lowest BCUT2D eigenvalue weighted by atomic mass is 10.1. The van der Waals surface area contributed by atoms with Crippen LogP contribution in [0.3, 0.4) is 0 Å². The van der Waals surface area contributed by atoms with Crippen molar-refractivity contribution in [3.05, 3.63) is 84.2 Å². The molecule has 4 heterocycles. The van der Waals surface area contributed by atoms with Crippen molar-refractivity contribution >= 4 is 22.5 Å². The van der Waals surface area contributed by atoms with Crippen LogP contribution in [0.25, 0.3) is 22.0 Å². The number of piperidine rings is 1. The number of carbonyl (C=O) groups excluding carboxylic acids is 1. The van der Waals surface area contributed by atoms with Gasteiger partial charge in [0.05, 0.1) is 11.8 Å². The van der Waals surface area contributed by atoms with Crippen molar-refractivity contribution in [2.24, 2.45) is 0 Å². The standard InChI is InChI=1S/C26H24FN5O2/c27-22-3-1-18(2-4-22)26(34)31-25-11-19-10-24(29-14-21(19)15-30-25)20-9-17(12-28-13-20)16-32-7-5-23(33)6-8-32/h1-4,9-15,23,33H,5-8,16H2,(H,30,31,34). The Kier molecular flexibility index (Phi) is 6.24. The average molecular weight is 458 g/mol. The van der Waals surface area contributed by atoms with Gasteiger partial charge in [-0.25, -0.2) is 9.37 Å². The second kappa shape index (κ2) is 9.62. The zero-order valence-corrected chi connectivity index (χ0v) is 18.5. The number of amides is 1. The second-order valence-electron chi connectivity index (χ2n) is 8.54. The monoisotopic (exact) mass is 457 g/mol. The molecule has 1 aliphatic heterocycles. The molecule has 0 spiro atoms. The highest BCUT2D eigenvalue weighted by molar-refractivity contribution is 6.04. The van der Waals surface area contributed by atoms with Gasteiger partial charge in [-0.05, 0) is 66.3 Å². The second-order valence-corrected chi connectivity index (χ2v) is 8.54. The summed E-state index contributed by atoms with van der Waals surface area (Å²) in [6, 6.07) is 11.2. The maximum Gasteiger partial charge on any atom is 0.256 e. The van der Waals surface area contributed by atoms with Crippen molar-refractivity contribution in [3.8, 4) is 11.3 Å². The number of aromatic nitrogens is 3. The Balaban J connectivity index is 1.35. The van der Waals surface area contributed by atoms with Gasteiger partial charge < -0.3 is 10.4 Å². The van der Waals surface area contributed by atoms with E-state index in [-0.39, 0.29) is 12.0 Å². The van der Waals surface area contributed by atoms with Crippen molar-refractivity contribution < 1.29 is 14.3 Å². The zero-order chi connectivity index (χ0) is 23.5. The summed E-state index contributed by atoms with van der Waals surface area (Å²) in [5, 5.41) is 14.2. The van der Waals surface area contributed by atoms with Gasteiger partial charge in [-0.3, -0.25) is 19.7 Å². The van der Waals surface area contributed by atoms with Crippen LogP contribution in [-0.2, 0) is 6.54 Å². The molecule has 0 bridgehead atoms. The van der Waals surface area contributed by atoms with Crippen LogP contribution in [0.15, 0.2) is 67.3 Å². The summed E-state index contributed by atoms with van der Waals surface area (Å²) in [6.07, 6.45) is 8.47. The molecule has 8 heteroatoms. The van der Waals surface area contributed by atoms with Gasteiger partial charge in [-0.2, -0.15) is 0 Å². The van der Waals surface area contributed by atoms with E-state index in [0.29, 0.717) is 11.4 Å². The fourth-order valence-electron chi connectivity index (χ4n) is 4.10. The Morgan fingerprint density at radius 3 is 2.56 bits per heavy atom. The first-order chi connectivity index (χ1) is 16.5. The molecule has 1 aromatic carbocycles. The first-order valence-corrected chi connectivity index (χ1v) is 11.2. The number of halogens is 1. The molecule has 0 unspecified atom stereocenters. The molecule has 5 rings (SSSR count). The molecule has 0 atom stereocenters. The van der Waals surface area contributed by atoms with Gasteiger partial charge >= 0.3 is 0 Å². The van der Waals surface area contributed by atoms with Gasteiger partial charge in [0, 0.05) is 60.9 Å². The minimum atomic E-state index is -0.395. The molecule has 172 valence electrons. The molecule has 2 N–H and O–H groups in total. The highest BCUT2D eigenvalue weighted by Crippen LogP contribution is 2.24. The van der Waals surface area contributed by atoms with Crippen LogP contribution in [0.2, 0.25) is 0 Å². The number of hydrogen-bond donors (Lipinski definition) is 2. The molecular formula is C26H24FN5O2. The first kappa shape index (κ1) is 22.1. The average Bonchev–Trinajstić information content (AvgIpc) is 2.85. The molecule has 7 nitrogen and oxygen atoms in total. The van der Waals surface area contributed by atoms with Crippen molar-refractivity contribution in [1.29, 1.82) is 0 Å². The number of aliphatic hydroxyl groups is 1. The largest absolute Gasteiger partial charge is 0.393 e. The van der Waals surface area contributed by atoms with E-state index < -0.39 is 5.82 Å². The van der Waals surface area contributed by atoms with Crippen molar-refractivity contribution in [1.82, 2.24) is 19.9 Å². The summed E-state index contributed by atoms with van der Waals surface area (Å²) in [6.45, 7) is 2.53. The lowest BCUT2D eigenvalue weighted by Gasteiger charge is -2.29. The normalized spacial score (nSPS) is 14.9. The van der Waals surface area contributed by atoms with E-state index in [0.717, 1.165) is 60.1 Å². The molecule has 0 radical (unpaired) electrons. The molecule has 3 aromatic heterocycles. The van der Waals surface area contributed by atoms with Crippen LogP contribution in [0.4, 0.5) is 10.2 Å². The van der Waals surface area contributed by atoms with Crippen molar-refractivity contribution in [3.63, 3.8) is 0 Å². The number of benzene rings is 1. The number of nitrogens with zero attached hydrogens (tertiary/aromatic N) is 4. The van der Waals surface area contributed by atoms with E-state index in [1.807, 2.05) is 12.3 Å². The van der Waals surface area contributed by atoms with E-state index in [2.05, 4.69) is 31.2 Å². The number of fused-ring (bicyclic) bond motifs is 1. The van der Waals surface area contributed by atoms with Gasteiger partial charge in [0.15, 0.2) is 0 Å². The molecular weight excluding hydrogens is 433 g/mol. The van der Waals surface area contributed by atoms with Crippen LogP contribution in [-0.4, -0.2) is 50.1 Å². The Morgan fingerprint density at radius 2 is 1.76 bits per heavy atom. The van der Waals surface area contributed by atoms with Crippen LogP contribution >= 0.6 is 0 Å². The predicted octanol–water partition coefficient (Wildman–Crippen LogP) is 4.04. The number of rotatable bonds is 5. The van der Waals surface area contributed by atoms with Gasteiger partial charge in [-0.15, -0.1) is 0 Å². The van der Waals surface area contributed by atoms with Gasteiger partial charge in [0.25, 0.3) is 5.91 Å². The smallest absolute Gasteiger partial charge is 0.256 e. The van der Waals surface area contributed by atoms with Crippen LogP contribution in [0.1, 0.15) is 28.8 Å². The summed E-state index contributed by atoms with van der Waals surface area (Å²) in [5.41, 5.74) is 3.13. The topological polar surface area (TPSA) is 91.2 Å². The quantitative estimate of drug-likeness (QED) is 0.470. The maximum absolute atomic E-state index is 13.1. The first-order valence-electron chi connectivity index (χ1n) is 11.2. The number of nitrogens with one attached hydrogen (secondary N) is 1. The summed E-state index contributed by atoms with van der Waals surface area (Å²) < 4.78 is 13.1. The summed E-state index contributed by atoms with van der Waals surface area (Å²) in [7, 11) is 0. The number of likely N-dealkylation sites (tertiary alicyclic amines) is 1. The third-order valence-corrected chi connectivity index (χ3v) is 6.01. The van der Waals surface area contributed by atoms with E-state index in [4.69, 9.17) is 0 Å². The molecule has 0 saturated carbocycles. The number of hydrogen-bond acceptors (Lipinski definition) is 6. The Hall–Kier alpha value is -3.75. The maximum atomic E-state index is 13.1. The predicted molar refractivity (Wildman–Crippen MR) is 128 cm³/mol. The SMILES string of the molecule is O=C(Nc1cc2cc(-c3cncc(CN4CCC(O)CC4)c3)ncc2cn1)c1ccc(F)cc1. The third kappa shape index (κ3) is 5.08. The van der Waals surface area contributed by atoms with Crippen LogP contribution in [0.5, 0.6) is 0 Å². The Labute approximate surface area is 196 Å². The molecule has 4 aromatic rings. The van der Waals surface area contributed by atoms with E-state index >= 15 is 0 Å². The number of aliphatic hydroxyl groups excluding tert-OH is 1. The molecule has 34 heavy (non-hydrogen) atoms. The number of pyridine rings is 3. The van der Waals surface area contributed by atoms with Crippen molar-refractivity contribution in [2.45, 2.75) is 25.5 Å². The highest BCUT2D eigenvalue weighted by atomic mass is 19.1. The molecule has 1 saturated heterocycles. The van der Waals surface area contributed by atoms with E-state index in [1.54, 1.807) is 24.7 Å². The van der Waals surface area contributed by atoms with Crippen LogP contribution < -0.4 is 5.32 Å². The Morgan fingerprint density at radius 1 is 1.00 bits per heavy atom. The third-order valence-electron chi connectivity index (χ3n) is 6.01. The minimum Gasteiger partial charge on any atom is -0.393 e. The van der Waals surface area contributed by atoms with Crippen LogP contribution in [0, 0.1) is 5.82 Å². The summed E-state index contributed by atoms with van der Waals surface area (Å²) in [5.74, 6) is -0.352. The highest BCUT2D eigenvalue weighted by Gasteiger charge is 2.17. The van der Waals surface area contributed by atoms with Gasteiger partial charge in [0.1, 0.15) is 11.6 Å². The molecule has 1 amide bonds. The van der Waals surface area contributed by atoms with E-state index in [1.165, 1.54) is 24.3 Å². The molecule has 1 fully saturated rings.